The number of nitrogens with one attached hydrogen (secondary N) is 1. The molecule has 1 aromatic heterocycles. The van der Waals surface area contributed by atoms with Gasteiger partial charge in [0.05, 0.1) is 24.3 Å². The van der Waals surface area contributed by atoms with E-state index in [4.69, 9.17) is 4.74 Å². The zero-order chi connectivity index (χ0) is 23.4. The summed E-state index contributed by atoms with van der Waals surface area (Å²) in [4.78, 5) is 28.7. The fourth-order valence-electron chi connectivity index (χ4n) is 3.51. The van der Waals surface area contributed by atoms with Crippen LogP contribution >= 0.6 is 0 Å². The predicted molar refractivity (Wildman–Crippen MR) is 122 cm³/mol. The summed E-state index contributed by atoms with van der Waals surface area (Å²) in [5.41, 5.74) is 2.72. The molecular weight excluding hydrogens is 443 g/mol. The number of pyridine rings is 1. The number of carbonyl (C=O) groups is 2. The molecule has 0 saturated carbocycles. The Bertz CT molecular complexity index is 1340. The predicted octanol–water partition coefficient (Wildman–Crippen LogP) is 0.750. The Hall–Kier alpha value is -3.65. The van der Waals surface area contributed by atoms with Crippen molar-refractivity contribution in [3.05, 3.63) is 96.3 Å². The molecule has 4 rings (SSSR count). The number of methoxy groups -OCH3 is 1. The van der Waals surface area contributed by atoms with E-state index in [2.05, 4.69) is 10.3 Å². The van der Waals surface area contributed by atoms with E-state index in [0.29, 0.717) is 16.9 Å². The third kappa shape index (κ3) is 5.28. The number of carboxylic acids is 1. The van der Waals surface area contributed by atoms with Crippen molar-refractivity contribution in [3.8, 4) is 33.8 Å². The second-order valence-electron chi connectivity index (χ2n) is 7.17. The number of aromatic hydroxyl groups is 1. The number of carboxylic acid groups (broad SMARTS) is 1. The normalized spacial score (nSPS) is 10.1. The first-order chi connectivity index (χ1) is 16.0. The number of hydrogen-bond donors (Lipinski definition) is 2. The largest absolute Gasteiger partial charge is 1.00 e. The molecule has 0 fully saturated rings. The van der Waals surface area contributed by atoms with Crippen LogP contribution in [0.1, 0.15) is 20.7 Å². The molecule has 34 heavy (non-hydrogen) atoms. The summed E-state index contributed by atoms with van der Waals surface area (Å²) in [6.45, 7) is 0. The van der Waals surface area contributed by atoms with Gasteiger partial charge in [-0.25, -0.2) is 0 Å². The van der Waals surface area contributed by atoms with Gasteiger partial charge in [0.1, 0.15) is 11.5 Å². The van der Waals surface area contributed by atoms with Crippen molar-refractivity contribution in [1.29, 1.82) is 0 Å². The van der Waals surface area contributed by atoms with Crippen LogP contribution in [0.4, 0.5) is 5.69 Å². The van der Waals surface area contributed by atoms with E-state index in [9.17, 15) is 19.8 Å². The Balaban J connectivity index is 0.00000324. The van der Waals surface area contributed by atoms with Crippen LogP contribution in [0.15, 0.2) is 85.2 Å². The van der Waals surface area contributed by atoms with Crippen LogP contribution in [0.5, 0.6) is 11.5 Å². The Labute approximate surface area is 218 Å². The molecule has 0 bridgehead atoms. The van der Waals surface area contributed by atoms with E-state index >= 15 is 0 Å². The van der Waals surface area contributed by atoms with Gasteiger partial charge >= 0.3 is 29.6 Å². The smallest absolute Gasteiger partial charge is 0.545 e. The number of carbonyl (C=O) groups excluding carboxylic acids is 2. The third-order valence-corrected chi connectivity index (χ3v) is 5.16. The summed E-state index contributed by atoms with van der Waals surface area (Å²) >= 11 is 0. The Morgan fingerprint density at radius 2 is 1.59 bits per heavy atom. The molecule has 4 aromatic rings. The van der Waals surface area contributed by atoms with E-state index in [1.807, 2.05) is 18.2 Å². The van der Waals surface area contributed by atoms with Crippen molar-refractivity contribution in [3.63, 3.8) is 0 Å². The first-order valence-electron chi connectivity index (χ1n) is 10.0. The Morgan fingerprint density at radius 3 is 2.29 bits per heavy atom. The first-order valence-corrected chi connectivity index (χ1v) is 10.0. The minimum absolute atomic E-state index is 0. The molecule has 0 aliphatic rings. The number of phenols is 1. The minimum Gasteiger partial charge on any atom is -0.545 e. The number of anilines is 1. The molecule has 7 nitrogen and oxygen atoms in total. The number of aromatic carboxylic acids is 1. The molecule has 0 atom stereocenters. The van der Waals surface area contributed by atoms with Crippen LogP contribution in [0.2, 0.25) is 0 Å². The maximum atomic E-state index is 13.0. The third-order valence-electron chi connectivity index (χ3n) is 5.16. The summed E-state index contributed by atoms with van der Waals surface area (Å²) in [7, 11) is 1.54. The summed E-state index contributed by atoms with van der Waals surface area (Å²) in [5, 5.41) is 24.6. The monoisotopic (exact) mass is 462 g/mol. The molecule has 0 aliphatic heterocycles. The molecule has 0 radical (unpaired) electrons. The molecule has 2 N–H and O–H groups in total. The van der Waals surface area contributed by atoms with Gasteiger partial charge in [0.25, 0.3) is 5.91 Å². The fourth-order valence-corrected chi connectivity index (χ4v) is 3.51. The summed E-state index contributed by atoms with van der Waals surface area (Å²) in [6.07, 6.45) is 3.24. The van der Waals surface area contributed by atoms with Crippen LogP contribution in [0.25, 0.3) is 22.3 Å². The van der Waals surface area contributed by atoms with Crippen molar-refractivity contribution in [2.75, 3.05) is 12.4 Å². The molecule has 0 aliphatic carbocycles. The van der Waals surface area contributed by atoms with Crippen LogP contribution in [0.3, 0.4) is 0 Å². The van der Waals surface area contributed by atoms with E-state index in [1.165, 1.54) is 31.4 Å². The molecule has 8 heteroatoms. The van der Waals surface area contributed by atoms with Crippen molar-refractivity contribution in [1.82, 2.24) is 4.98 Å². The molecule has 1 amide bonds. The second-order valence-corrected chi connectivity index (χ2v) is 7.17. The maximum Gasteiger partial charge on any atom is 1.00 e. The maximum absolute atomic E-state index is 13.0. The molecule has 0 unspecified atom stereocenters. The second kappa shape index (κ2) is 11.0. The Kier molecular flexibility index (Phi) is 8.07. The average Bonchev–Trinajstić information content (AvgIpc) is 2.84. The van der Waals surface area contributed by atoms with E-state index in [0.717, 1.165) is 11.1 Å². The average molecular weight is 462 g/mol. The van der Waals surface area contributed by atoms with Crippen LogP contribution < -0.4 is 44.7 Å². The van der Waals surface area contributed by atoms with E-state index < -0.39 is 11.9 Å². The molecule has 0 saturated heterocycles. The quantitative estimate of drug-likeness (QED) is 0.409. The van der Waals surface area contributed by atoms with Gasteiger partial charge in [-0.2, -0.15) is 0 Å². The zero-order valence-corrected chi connectivity index (χ0v) is 20.6. The van der Waals surface area contributed by atoms with Gasteiger partial charge in [-0.05, 0) is 53.1 Å². The topological polar surface area (TPSA) is 112 Å². The number of para-hydroxylation sites is 1. The summed E-state index contributed by atoms with van der Waals surface area (Å²) < 4.78 is 5.39. The standard InChI is InChI=1S/C26H20N2O5.Na/c1-33-24-5-3-2-4-19(24)18-6-8-20(26(31)32)22(15-18)28-25(30)21-14-17(7-9-23(21)29)16-10-12-27-13-11-16;/h2-15,29H,1H3,(H,28,30)(H,31,32);/q;+1/p-1. The van der Waals surface area contributed by atoms with Crippen LogP contribution in [0, 0.1) is 0 Å². The minimum atomic E-state index is -1.44. The molecule has 1 heterocycles. The fraction of sp³-hybridized carbons (Fsp3) is 0.0385. The van der Waals surface area contributed by atoms with Gasteiger partial charge in [0.2, 0.25) is 0 Å². The number of benzene rings is 3. The van der Waals surface area contributed by atoms with Crippen LogP contribution in [-0.4, -0.2) is 29.1 Å². The van der Waals surface area contributed by atoms with Crippen molar-refractivity contribution < 1.29 is 54.1 Å². The van der Waals surface area contributed by atoms with Gasteiger partial charge in [-0.3, -0.25) is 9.78 Å². The number of aromatic nitrogens is 1. The number of phenolic OH excluding ortho intramolecular Hbond substituents is 1. The van der Waals surface area contributed by atoms with Gasteiger partial charge < -0.3 is 25.1 Å². The Morgan fingerprint density at radius 1 is 0.882 bits per heavy atom. The van der Waals surface area contributed by atoms with E-state index in [1.54, 1.807) is 42.7 Å². The molecule has 0 spiro atoms. The van der Waals surface area contributed by atoms with Crippen molar-refractivity contribution >= 4 is 17.6 Å². The number of ether oxygens (including phenoxy) is 1. The van der Waals surface area contributed by atoms with Gasteiger partial charge in [-0.1, -0.05) is 36.4 Å². The molecular formula is C26H19N2NaO5. The zero-order valence-electron chi connectivity index (χ0n) is 18.6. The number of rotatable bonds is 6. The van der Waals surface area contributed by atoms with Crippen molar-refractivity contribution in [2.24, 2.45) is 0 Å². The SMILES string of the molecule is COc1ccccc1-c1ccc(C(=O)[O-])c(NC(=O)c2cc(-c3ccncc3)ccc2O)c1.[Na+]. The number of nitrogens with zero attached hydrogens (tertiary/aromatic N) is 1. The van der Waals surface area contributed by atoms with Gasteiger partial charge in [0.15, 0.2) is 0 Å². The molecule has 164 valence electrons. The summed E-state index contributed by atoms with van der Waals surface area (Å²) in [5.74, 6) is -1.74. The number of hydrogen-bond acceptors (Lipinski definition) is 6. The van der Waals surface area contributed by atoms with E-state index in [-0.39, 0.29) is 52.1 Å². The van der Waals surface area contributed by atoms with Crippen LogP contribution in [-0.2, 0) is 0 Å². The van der Waals surface area contributed by atoms with Gasteiger partial charge in [0, 0.05) is 23.5 Å². The first kappa shape index (κ1) is 25.0. The number of amides is 1. The van der Waals surface area contributed by atoms with Gasteiger partial charge in [-0.15, -0.1) is 0 Å². The summed E-state index contributed by atoms with van der Waals surface area (Å²) in [6, 6.07) is 19.9. The van der Waals surface area contributed by atoms with Crippen molar-refractivity contribution in [2.45, 2.75) is 0 Å². The molecule has 3 aromatic carbocycles.